The molecule has 0 radical (unpaired) electrons. The molecule has 94 valence electrons. The summed E-state index contributed by atoms with van der Waals surface area (Å²) in [4.78, 5) is 0. The highest BCUT2D eigenvalue weighted by molar-refractivity contribution is 5.04. The molecule has 0 amide bonds. The average Bonchev–Trinajstić information content (AvgIpc) is 2.99. The summed E-state index contributed by atoms with van der Waals surface area (Å²) in [6.45, 7) is 3.22. The van der Waals surface area contributed by atoms with Gasteiger partial charge in [-0.2, -0.15) is 0 Å². The van der Waals surface area contributed by atoms with E-state index in [1.54, 1.807) is 0 Å². The summed E-state index contributed by atoms with van der Waals surface area (Å²) in [5.74, 6) is 2.29. The average molecular weight is 234 g/mol. The van der Waals surface area contributed by atoms with Crippen LogP contribution in [0.2, 0.25) is 0 Å². The highest BCUT2D eigenvalue weighted by Gasteiger charge is 2.27. The lowest BCUT2D eigenvalue weighted by Gasteiger charge is -2.25. The van der Waals surface area contributed by atoms with Gasteiger partial charge in [0.25, 0.3) is 0 Å². The van der Waals surface area contributed by atoms with Crippen LogP contribution < -0.4 is 5.32 Å². The highest BCUT2D eigenvalue weighted by atomic mass is 15.3. The Labute approximate surface area is 103 Å². The fraction of sp³-hybridized carbons (Fsp3) is 0.846. The normalized spacial score (nSPS) is 26.5. The highest BCUT2D eigenvalue weighted by Crippen LogP contribution is 2.33. The summed E-state index contributed by atoms with van der Waals surface area (Å²) in [6.07, 6.45) is 9.16. The maximum Gasteiger partial charge on any atom is 0.150 e. The molecule has 17 heavy (non-hydrogen) atoms. The molecule has 0 unspecified atom stereocenters. The van der Waals surface area contributed by atoms with Gasteiger partial charge in [-0.05, 0) is 39.2 Å². The van der Waals surface area contributed by atoms with E-state index in [1.807, 2.05) is 0 Å². The zero-order valence-electron chi connectivity index (χ0n) is 10.7. The van der Waals surface area contributed by atoms with Crippen LogP contribution in [0.25, 0.3) is 0 Å². The molecule has 4 nitrogen and oxygen atoms in total. The molecule has 2 heterocycles. The van der Waals surface area contributed by atoms with Crippen LogP contribution >= 0.6 is 0 Å². The van der Waals surface area contributed by atoms with Crippen LogP contribution in [0.3, 0.4) is 0 Å². The first-order valence-electron chi connectivity index (χ1n) is 7.01. The Kier molecular flexibility index (Phi) is 3.14. The number of nitrogens with one attached hydrogen (secondary N) is 1. The molecule has 4 heteroatoms. The Balaban J connectivity index is 1.87. The van der Waals surface area contributed by atoms with Crippen molar-refractivity contribution in [2.75, 3.05) is 6.54 Å². The standard InChI is InChI=1S/C13H22N4/c1-10-15-16-13(12-8-4-5-9-14-12)17(10)11-6-2-3-7-11/h11-12,14H,2-9H2,1H3/t12-/m1/s1. The van der Waals surface area contributed by atoms with E-state index in [4.69, 9.17) is 0 Å². The molecular weight excluding hydrogens is 212 g/mol. The fourth-order valence-electron chi connectivity index (χ4n) is 3.31. The number of rotatable bonds is 2. The van der Waals surface area contributed by atoms with Gasteiger partial charge in [0.1, 0.15) is 11.6 Å². The Morgan fingerprint density at radius 1 is 1.06 bits per heavy atom. The van der Waals surface area contributed by atoms with E-state index in [2.05, 4.69) is 27.0 Å². The Bertz CT molecular complexity index is 373. The van der Waals surface area contributed by atoms with Gasteiger partial charge in [-0.25, -0.2) is 0 Å². The lowest BCUT2D eigenvalue weighted by molar-refractivity contribution is 0.368. The van der Waals surface area contributed by atoms with Crippen molar-refractivity contribution in [2.24, 2.45) is 0 Å². The van der Waals surface area contributed by atoms with Crippen molar-refractivity contribution in [1.82, 2.24) is 20.1 Å². The van der Waals surface area contributed by atoms with Crippen molar-refractivity contribution >= 4 is 0 Å². The minimum Gasteiger partial charge on any atom is -0.311 e. The lowest BCUT2D eigenvalue weighted by atomic mass is 10.0. The van der Waals surface area contributed by atoms with Crippen molar-refractivity contribution < 1.29 is 0 Å². The van der Waals surface area contributed by atoms with Gasteiger partial charge in [-0.1, -0.05) is 19.3 Å². The lowest BCUT2D eigenvalue weighted by Crippen LogP contribution is -2.30. The van der Waals surface area contributed by atoms with Crippen LogP contribution in [0.1, 0.15) is 68.7 Å². The molecule has 1 saturated heterocycles. The van der Waals surface area contributed by atoms with E-state index in [1.165, 1.54) is 50.8 Å². The van der Waals surface area contributed by atoms with Gasteiger partial charge < -0.3 is 9.88 Å². The zero-order chi connectivity index (χ0) is 11.7. The number of aromatic nitrogens is 3. The second-order valence-corrected chi connectivity index (χ2v) is 5.42. The van der Waals surface area contributed by atoms with Gasteiger partial charge in [-0.3, -0.25) is 0 Å². The Hall–Kier alpha value is -0.900. The van der Waals surface area contributed by atoms with Crippen molar-refractivity contribution in [3.05, 3.63) is 11.6 Å². The second-order valence-electron chi connectivity index (χ2n) is 5.42. The van der Waals surface area contributed by atoms with E-state index in [0.29, 0.717) is 12.1 Å². The third kappa shape index (κ3) is 2.10. The van der Waals surface area contributed by atoms with Crippen molar-refractivity contribution in [2.45, 2.75) is 64.0 Å². The molecule has 3 rings (SSSR count). The maximum atomic E-state index is 4.43. The molecular formula is C13H22N4. The van der Waals surface area contributed by atoms with E-state index in [-0.39, 0.29) is 0 Å². The first kappa shape index (κ1) is 11.2. The second kappa shape index (κ2) is 4.77. The number of hydrogen-bond acceptors (Lipinski definition) is 3. The molecule has 2 fully saturated rings. The number of hydrogen-bond donors (Lipinski definition) is 1. The molecule has 1 saturated carbocycles. The van der Waals surface area contributed by atoms with Crippen LogP contribution in [0, 0.1) is 6.92 Å². The molecule has 0 aromatic carbocycles. The SMILES string of the molecule is Cc1nnc([C@H]2CCCCN2)n1C1CCCC1. The number of nitrogens with zero attached hydrogens (tertiary/aromatic N) is 3. The predicted molar refractivity (Wildman–Crippen MR) is 66.9 cm³/mol. The van der Waals surface area contributed by atoms with E-state index < -0.39 is 0 Å². The van der Waals surface area contributed by atoms with Gasteiger partial charge in [0, 0.05) is 6.04 Å². The van der Waals surface area contributed by atoms with Gasteiger partial charge in [0.05, 0.1) is 6.04 Å². The summed E-state index contributed by atoms with van der Waals surface area (Å²) in [7, 11) is 0. The summed E-state index contributed by atoms with van der Waals surface area (Å²) in [5, 5.41) is 12.3. The third-order valence-corrected chi connectivity index (χ3v) is 4.20. The van der Waals surface area contributed by atoms with Gasteiger partial charge in [0.2, 0.25) is 0 Å². The quantitative estimate of drug-likeness (QED) is 0.855. The monoisotopic (exact) mass is 234 g/mol. The topological polar surface area (TPSA) is 42.7 Å². The van der Waals surface area contributed by atoms with Gasteiger partial charge in [-0.15, -0.1) is 10.2 Å². The summed E-state index contributed by atoms with van der Waals surface area (Å²) >= 11 is 0. The maximum absolute atomic E-state index is 4.43. The van der Waals surface area contributed by atoms with Crippen molar-refractivity contribution in [3.8, 4) is 0 Å². The summed E-state index contributed by atoms with van der Waals surface area (Å²) < 4.78 is 2.41. The van der Waals surface area contributed by atoms with E-state index >= 15 is 0 Å². The van der Waals surface area contributed by atoms with Crippen LogP contribution in [-0.2, 0) is 0 Å². The largest absolute Gasteiger partial charge is 0.311 e. The van der Waals surface area contributed by atoms with Crippen LogP contribution in [-0.4, -0.2) is 21.3 Å². The van der Waals surface area contributed by atoms with Gasteiger partial charge >= 0.3 is 0 Å². The Morgan fingerprint density at radius 3 is 2.53 bits per heavy atom. The number of piperidine rings is 1. The van der Waals surface area contributed by atoms with Crippen molar-refractivity contribution in [3.63, 3.8) is 0 Å². The van der Waals surface area contributed by atoms with E-state index in [0.717, 1.165) is 12.4 Å². The molecule has 1 N–H and O–H groups in total. The van der Waals surface area contributed by atoms with Crippen molar-refractivity contribution in [1.29, 1.82) is 0 Å². The molecule has 0 bridgehead atoms. The minimum absolute atomic E-state index is 0.436. The molecule has 1 aliphatic carbocycles. The molecule has 2 aliphatic rings. The zero-order valence-corrected chi connectivity index (χ0v) is 10.7. The molecule has 1 aromatic heterocycles. The first-order chi connectivity index (χ1) is 8.36. The van der Waals surface area contributed by atoms with Gasteiger partial charge in [0.15, 0.2) is 0 Å². The Morgan fingerprint density at radius 2 is 1.82 bits per heavy atom. The smallest absolute Gasteiger partial charge is 0.150 e. The van der Waals surface area contributed by atoms with E-state index in [9.17, 15) is 0 Å². The minimum atomic E-state index is 0.436. The molecule has 1 aromatic rings. The summed E-state index contributed by atoms with van der Waals surface area (Å²) in [5.41, 5.74) is 0. The number of aryl methyl sites for hydroxylation is 1. The van der Waals surface area contributed by atoms with Crippen LogP contribution in [0.15, 0.2) is 0 Å². The molecule has 1 atom stereocenters. The fourth-order valence-corrected chi connectivity index (χ4v) is 3.31. The third-order valence-electron chi connectivity index (χ3n) is 4.20. The summed E-state index contributed by atoms with van der Waals surface area (Å²) in [6, 6.07) is 1.09. The molecule has 0 spiro atoms. The van der Waals surface area contributed by atoms with Crippen LogP contribution in [0.5, 0.6) is 0 Å². The first-order valence-corrected chi connectivity index (χ1v) is 7.01. The van der Waals surface area contributed by atoms with Crippen LogP contribution in [0.4, 0.5) is 0 Å². The molecule has 1 aliphatic heterocycles. The predicted octanol–water partition coefficient (Wildman–Crippen LogP) is 2.52.